The third-order valence-corrected chi connectivity index (χ3v) is 5.31. The van der Waals surface area contributed by atoms with Gasteiger partial charge in [0.1, 0.15) is 15.7 Å². The average Bonchev–Trinajstić information content (AvgIpc) is 2.46. The lowest BCUT2D eigenvalue weighted by Gasteiger charge is -2.23. The third-order valence-electron chi connectivity index (χ3n) is 3.59. The highest BCUT2D eigenvalue weighted by Crippen LogP contribution is 2.15. The van der Waals surface area contributed by atoms with Crippen molar-refractivity contribution in [2.75, 3.05) is 11.5 Å². The van der Waals surface area contributed by atoms with E-state index in [2.05, 4.69) is 10.5 Å². The van der Waals surface area contributed by atoms with E-state index in [0.29, 0.717) is 30.5 Å². The first-order valence-electron chi connectivity index (χ1n) is 6.61. The molecule has 0 aliphatic carbocycles. The summed E-state index contributed by atoms with van der Waals surface area (Å²) in [6.45, 7) is 0.399. The first kappa shape index (κ1) is 15.7. The van der Waals surface area contributed by atoms with Crippen molar-refractivity contribution in [3.05, 3.63) is 35.1 Å². The Hall–Kier alpha value is -1.67. The van der Waals surface area contributed by atoms with E-state index >= 15 is 0 Å². The predicted molar refractivity (Wildman–Crippen MR) is 77.4 cm³/mol. The molecule has 0 bridgehead atoms. The fraction of sp³-hybridized carbons (Fsp3) is 0.462. The lowest BCUT2D eigenvalue weighted by Crippen LogP contribution is -2.37. The molecule has 6 nitrogen and oxygen atoms in total. The van der Waals surface area contributed by atoms with Crippen molar-refractivity contribution in [2.45, 2.75) is 25.4 Å². The van der Waals surface area contributed by atoms with E-state index in [4.69, 9.17) is 10.9 Å². The van der Waals surface area contributed by atoms with Crippen molar-refractivity contribution in [3.63, 3.8) is 0 Å². The molecule has 0 aromatic heterocycles. The number of halogens is 1. The van der Waals surface area contributed by atoms with Crippen molar-refractivity contribution in [1.29, 1.82) is 0 Å². The van der Waals surface area contributed by atoms with Crippen molar-refractivity contribution in [2.24, 2.45) is 10.9 Å². The molecule has 1 fully saturated rings. The Balaban J connectivity index is 2.04. The van der Waals surface area contributed by atoms with Gasteiger partial charge in [0, 0.05) is 18.2 Å². The summed E-state index contributed by atoms with van der Waals surface area (Å²) in [5.74, 6) is -0.260. The second-order valence-electron chi connectivity index (χ2n) is 5.09. The van der Waals surface area contributed by atoms with Gasteiger partial charge in [-0.1, -0.05) is 11.2 Å². The minimum absolute atomic E-state index is 0.0960. The summed E-state index contributed by atoms with van der Waals surface area (Å²) in [6, 6.07) is 4.17. The highest BCUT2D eigenvalue weighted by atomic mass is 32.2. The molecule has 4 N–H and O–H groups in total. The SMILES string of the molecule is NC(=NO)c1cc(F)ccc1CNC1CCS(=O)(=O)CC1. The summed E-state index contributed by atoms with van der Waals surface area (Å²) in [6.07, 6.45) is 1.12. The van der Waals surface area contributed by atoms with E-state index in [1.54, 1.807) is 6.07 Å². The number of hydrogen-bond donors (Lipinski definition) is 3. The van der Waals surface area contributed by atoms with Crippen molar-refractivity contribution >= 4 is 15.7 Å². The fourth-order valence-corrected chi connectivity index (χ4v) is 3.83. The Morgan fingerprint density at radius 3 is 2.71 bits per heavy atom. The van der Waals surface area contributed by atoms with Gasteiger partial charge in [0.2, 0.25) is 0 Å². The van der Waals surface area contributed by atoms with Crippen LogP contribution in [0.3, 0.4) is 0 Å². The minimum Gasteiger partial charge on any atom is -0.409 e. The molecule has 116 valence electrons. The van der Waals surface area contributed by atoms with Crippen LogP contribution in [0.2, 0.25) is 0 Å². The number of nitrogens with two attached hydrogens (primary N) is 1. The molecule has 1 aliphatic rings. The standard InChI is InChI=1S/C13H18FN3O3S/c14-10-2-1-9(12(7-10)13(15)17-18)8-16-11-3-5-21(19,20)6-4-11/h1-2,7,11,16,18H,3-6,8H2,(H2,15,17). The van der Waals surface area contributed by atoms with Gasteiger partial charge >= 0.3 is 0 Å². The van der Waals surface area contributed by atoms with Crippen LogP contribution in [0, 0.1) is 5.82 Å². The quantitative estimate of drug-likeness (QED) is 0.326. The van der Waals surface area contributed by atoms with Gasteiger partial charge in [-0.25, -0.2) is 12.8 Å². The lowest BCUT2D eigenvalue weighted by molar-refractivity contribution is 0.318. The monoisotopic (exact) mass is 315 g/mol. The zero-order valence-electron chi connectivity index (χ0n) is 11.4. The second-order valence-corrected chi connectivity index (χ2v) is 7.40. The number of benzene rings is 1. The molecule has 0 radical (unpaired) electrons. The molecule has 0 atom stereocenters. The molecule has 0 saturated carbocycles. The molecule has 1 saturated heterocycles. The summed E-state index contributed by atoms with van der Waals surface area (Å²) in [5, 5.41) is 14.9. The molecule has 21 heavy (non-hydrogen) atoms. The lowest BCUT2D eigenvalue weighted by atomic mass is 10.1. The Morgan fingerprint density at radius 2 is 2.10 bits per heavy atom. The van der Waals surface area contributed by atoms with Crippen LogP contribution >= 0.6 is 0 Å². The molecule has 0 amide bonds. The van der Waals surface area contributed by atoms with Gasteiger partial charge in [0.25, 0.3) is 0 Å². The number of oxime groups is 1. The van der Waals surface area contributed by atoms with Crippen LogP contribution in [-0.2, 0) is 16.4 Å². The highest BCUT2D eigenvalue weighted by Gasteiger charge is 2.23. The minimum atomic E-state index is -2.89. The highest BCUT2D eigenvalue weighted by molar-refractivity contribution is 7.91. The van der Waals surface area contributed by atoms with Crippen molar-refractivity contribution in [3.8, 4) is 0 Å². The van der Waals surface area contributed by atoms with E-state index in [9.17, 15) is 12.8 Å². The second kappa shape index (κ2) is 6.40. The summed E-state index contributed by atoms with van der Waals surface area (Å²) in [4.78, 5) is 0. The van der Waals surface area contributed by atoms with Gasteiger partial charge in [-0.3, -0.25) is 0 Å². The Morgan fingerprint density at radius 1 is 1.43 bits per heavy atom. The van der Waals surface area contributed by atoms with Gasteiger partial charge in [-0.2, -0.15) is 0 Å². The first-order valence-corrected chi connectivity index (χ1v) is 8.43. The van der Waals surface area contributed by atoms with Gasteiger partial charge in [-0.05, 0) is 30.5 Å². The van der Waals surface area contributed by atoms with E-state index in [1.165, 1.54) is 12.1 Å². The van der Waals surface area contributed by atoms with E-state index in [1.807, 2.05) is 0 Å². The maximum atomic E-state index is 13.2. The number of sulfone groups is 1. The van der Waals surface area contributed by atoms with Crippen LogP contribution in [0.25, 0.3) is 0 Å². The molecule has 1 heterocycles. The Kier molecular flexibility index (Phi) is 4.79. The van der Waals surface area contributed by atoms with E-state index < -0.39 is 15.7 Å². The van der Waals surface area contributed by atoms with Crippen molar-refractivity contribution in [1.82, 2.24) is 5.32 Å². The van der Waals surface area contributed by atoms with E-state index in [-0.39, 0.29) is 23.4 Å². The smallest absolute Gasteiger partial charge is 0.170 e. The van der Waals surface area contributed by atoms with Crippen LogP contribution in [-0.4, -0.2) is 37.0 Å². The number of nitrogens with one attached hydrogen (secondary N) is 1. The number of amidine groups is 1. The van der Waals surface area contributed by atoms with Gasteiger partial charge in [-0.15, -0.1) is 0 Å². The predicted octanol–water partition coefficient (Wildman–Crippen LogP) is 0.587. The van der Waals surface area contributed by atoms with Crippen molar-refractivity contribution < 1.29 is 18.0 Å². The molecule has 0 spiro atoms. The van der Waals surface area contributed by atoms with Gasteiger partial charge < -0.3 is 16.3 Å². The van der Waals surface area contributed by atoms with Gasteiger partial charge in [0.15, 0.2) is 5.84 Å². The van der Waals surface area contributed by atoms with Crippen LogP contribution < -0.4 is 11.1 Å². The summed E-state index contributed by atoms with van der Waals surface area (Å²) in [5.41, 5.74) is 6.56. The average molecular weight is 315 g/mol. The third kappa shape index (κ3) is 4.15. The zero-order valence-corrected chi connectivity index (χ0v) is 12.2. The normalized spacial score (nSPS) is 19.6. The Bertz CT molecular complexity index is 632. The number of hydrogen-bond acceptors (Lipinski definition) is 5. The first-order chi connectivity index (χ1) is 9.91. The fourth-order valence-electron chi connectivity index (χ4n) is 2.34. The summed E-state index contributed by atoms with van der Waals surface area (Å²) >= 11 is 0. The van der Waals surface area contributed by atoms with Crippen LogP contribution in [0.15, 0.2) is 23.4 Å². The molecule has 1 aliphatic heterocycles. The zero-order chi connectivity index (χ0) is 15.5. The molecule has 8 heteroatoms. The number of nitrogens with zero attached hydrogens (tertiary/aromatic N) is 1. The molecular weight excluding hydrogens is 297 g/mol. The summed E-state index contributed by atoms with van der Waals surface area (Å²) < 4.78 is 36.0. The summed E-state index contributed by atoms with van der Waals surface area (Å²) in [7, 11) is -2.89. The van der Waals surface area contributed by atoms with Crippen LogP contribution in [0.1, 0.15) is 24.0 Å². The van der Waals surface area contributed by atoms with E-state index in [0.717, 1.165) is 0 Å². The number of rotatable bonds is 4. The maximum Gasteiger partial charge on any atom is 0.170 e. The molecule has 1 aromatic rings. The maximum absolute atomic E-state index is 13.2. The van der Waals surface area contributed by atoms with Crippen LogP contribution in [0.5, 0.6) is 0 Å². The largest absolute Gasteiger partial charge is 0.409 e. The van der Waals surface area contributed by atoms with Gasteiger partial charge in [0.05, 0.1) is 11.5 Å². The molecule has 0 unspecified atom stereocenters. The molecular formula is C13H18FN3O3S. The molecule has 2 rings (SSSR count). The van der Waals surface area contributed by atoms with Crippen LogP contribution in [0.4, 0.5) is 4.39 Å². The molecule has 1 aromatic carbocycles. The topological polar surface area (TPSA) is 105 Å². The Labute approximate surface area is 122 Å².